The molecule has 0 N–H and O–H groups in total. The van der Waals surface area contributed by atoms with Crippen molar-refractivity contribution in [3.63, 3.8) is 0 Å². The minimum Gasteiger partial charge on any atom is -0.258 e. The molecular formula is C11H10N2O2S. The quantitative estimate of drug-likeness (QED) is 0.590. The van der Waals surface area contributed by atoms with Crippen LogP contribution in [0.1, 0.15) is 30.7 Å². The third kappa shape index (κ3) is 1.31. The van der Waals surface area contributed by atoms with E-state index >= 15 is 0 Å². The zero-order valence-electron chi connectivity index (χ0n) is 8.55. The van der Waals surface area contributed by atoms with Gasteiger partial charge in [-0.2, -0.15) is 0 Å². The Balaban J connectivity index is 2.27. The number of thiophene rings is 1. The molecule has 0 radical (unpaired) electrons. The Morgan fingerprint density at radius 3 is 2.94 bits per heavy atom. The fourth-order valence-corrected chi connectivity index (χ4v) is 2.96. The maximum Gasteiger partial charge on any atom is 0.291 e. The second kappa shape index (κ2) is 3.52. The van der Waals surface area contributed by atoms with Crippen LogP contribution < -0.4 is 0 Å². The first-order valence-electron chi connectivity index (χ1n) is 5.28. The maximum absolute atomic E-state index is 11.0. The second-order valence-electron chi connectivity index (χ2n) is 4.08. The van der Waals surface area contributed by atoms with Gasteiger partial charge in [-0.15, -0.1) is 11.3 Å². The van der Waals surface area contributed by atoms with Crippen molar-refractivity contribution in [1.29, 1.82) is 0 Å². The summed E-state index contributed by atoms with van der Waals surface area (Å²) in [4.78, 5) is 15.7. The fraction of sp³-hybridized carbons (Fsp3) is 0.364. The van der Waals surface area contributed by atoms with Crippen LogP contribution in [0.25, 0.3) is 10.2 Å². The first-order valence-corrected chi connectivity index (χ1v) is 6.16. The highest BCUT2D eigenvalue weighted by Gasteiger charge is 2.29. The van der Waals surface area contributed by atoms with Crippen LogP contribution in [0.3, 0.4) is 0 Å². The van der Waals surface area contributed by atoms with Crippen LogP contribution in [0.4, 0.5) is 5.69 Å². The Bertz CT molecular complexity index is 560. The van der Waals surface area contributed by atoms with E-state index < -0.39 is 0 Å². The highest BCUT2D eigenvalue weighted by Crippen LogP contribution is 2.44. The van der Waals surface area contributed by atoms with Crippen LogP contribution in [0, 0.1) is 10.1 Å². The maximum atomic E-state index is 11.0. The van der Waals surface area contributed by atoms with Gasteiger partial charge in [0, 0.05) is 10.9 Å². The third-order valence-electron chi connectivity index (χ3n) is 3.23. The average Bonchev–Trinajstić information content (AvgIpc) is 2.62. The number of nitrogens with zero attached hydrogens (tertiary/aromatic N) is 2. The highest BCUT2D eigenvalue weighted by atomic mass is 32.1. The molecule has 1 aliphatic carbocycles. The Hall–Kier alpha value is -1.49. The van der Waals surface area contributed by atoms with Crippen molar-refractivity contribution in [1.82, 2.24) is 4.98 Å². The van der Waals surface area contributed by atoms with Crippen LogP contribution >= 0.6 is 11.3 Å². The van der Waals surface area contributed by atoms with Crippen LogP contribution in [0.15, 0.2) is 17.6 Å². The van der Waals surface area contributed by atoms with E-state index in [0.29, 0.717) is 5.92 Å². The number of pyridine rings is 1. The van der Waals surface area contributed by atoms with Crippen molar-refractivity contribution in [2.45, 2.75) is 25.2 Å². The molecule has 16 heavy (non-hydrogen) atoms. The lowest BCUT2D eigenvalue weighted by atomic mass is 9.78. The summed E-state index contributed by atoms with van der Waals surface area (Å²) in [7, 11) is 0. The number of nitro groups is 1. The minimum absolute atomic E-state index is 0.190. The predicted octanol–water partition coefficient (Wildman–Crippen LogP) is 3.47. The monoisotopic (exact) mass is 234 g/mol. The molecule has 0 bridgehead atoms. The summed E-state index contributed by atoms with van der Waals surface area (Å²) >= 11 is 1.54. The molecule has 0 unspecified atom stereocenters. The van der Waals surface area contributed by atoms with E-state index in [1.807, 2.05) is 11.4 Å². The standard InChI is InChI=1S/C11H10N2O2S/c14-13(15)9-6-12-11-8(4-5-16-11)10(9)7-2-1-3-7/h4-7H,1-3H2. The molecule has 82 valence electrons. The first kappa shape index (κ1) is 9.72. The number of hydrogen-bond acceptors (Lipinski definition) is 4. The van der Waals surface area contributed by atoms with E-state index in [4.69, 9.17) is 0 Å². The highest BCUT2D eigenvalue weighted by molar-refractivity contribution is 7.16. The Morgan fingerprint density at radius 2 is 2.31 bits per heavy atom. The lowest BCUT2D eigenvalue weighted by Crippen LogP contribution is -2.11. The van der Waals surface area contributed by atoms with E-state index in [1.54, 1.807) is 11.3 Å². The lowest BCUT2D eigenvalue weighted by molar-refractivity contribution is -0.386. The van der Waals surface area contributed by atoms with Crippen LogP contribution in [0.5, 0.6) is 0 Å². The largest absolute Gasteiger partial charge is 0.291 e. The summed E-state index contributed by atoms with van der Waals surface area (Å²) in [5.41, 5.74) is 1.10. The van der Waals surface area contributed by atoms with Gasteiger partial charge >= 0.3 is 0 Å². The van der Waals surface area contributed by atoms with E-state index in [1.165, 1.54) is 12.6 Å². The Kier molecular flexibility index (Phi) is 2.14. The van der Waals surface area contributed by atoms with Crippen molar-refractivity contribution < 1.29 is 4.92 Å². The topological polar surface area (TPSA) is 56.0 Å². The predicted molar refractivity (Wildman–Crippen MR) is 62.9 cm³/mol. The van der Waals surface area contributed by atoms with Gasteiger partial charge in [0.15, 0.2) is 0 Å². The smallest absolute Gasteiger partial charge is 0.258 e. The number of hydrogen-bond donors (Lipinski definition) is 0. The molecule has 0 spiro atoms. The van der Waals surface area contributed by atoms with Gasteiger partial charge in [0.25, 0.3) is 5.69 Å². The van der Waals surface area contributed by atoms with Crippen LogP contribution in [0.2, 0.25) is 0 Å². The van der Waals surface area contributed by atoms with E-state index in [9.17, 15) is 10.1 Å². The molecular weight excluding hydrogens is 224 g/mol. The van der Waals surface area contributed by atoms with Crippen molar-refractivity contribution in [3.05, 3.63) is 33.3 Å². The second-order valence-corrected chi connectivity index (χ2v) is 4.98. The summed E-state index contributed by atoms with van der Waals surface area (Å²) in [6.45, 7) is 0. The van der Waals surface area contributed by atoms with E-state index in [2.05, 4.69) is 4.98 Å². The number of aromatic nitrogens is 1. The molecule has 2 aromatic heterocycles. The molecule has 0 saturated heterocycles. The zero-order valence-corrected chi connectivity index (χ0v) is 9.37. The molecule has 0 amide bonds. The summed E-state index contributed by atoms with van der Waals surface area (Å²) < 4.78 is 0. The average molecular weight is 234 g/mol. The third-order valence-corrected chi connectivity index (χ3v) is 4.05. The first-order chi connectivity index (χ1) is 7.77. The molecule has 2 heterocycles. The van der Waals surface area contributed by atoms with Crippen molar-refractivity contribution in [2.75, 3.05) is 0 Å². The SMILES string of the molecule is O=[N+]([O-])c1cnc2sccc2c1C1CCC1. The molecule has 4 nitrogen and oxygen atoms in total. The zero-order chi connectivity index (χ0) is 11.1. The molecule has 0 aliphatic heterocycles. The van der Waals surface area contributed by atoms with Crippen LogP contribution in [-0.4, -0.2) is 9.91 Å². The van der Waals surface area contributed by atoms with Gasteiger partial charge in [0.1, 0.15) is 11.0 Å². The normalized spacial score (nSPS) is 16.2. The summed E-state index contributed by atoms with van der Waals surface area (Å²) in [6.07, 6.45) is 4.72. The molecule has 5 heteroatoms. The van der Waals surface area contributed by atoms with E-state index in [-0.39, 0.29) is 10.6 Å². The molecule has 3 rings (SSSR count). The molecule has 0 aromatic carbocycles. The van der Waals surface area contributed by atoms with Gasteiger partial charge in [0.2, 0.25) is 0 Å². The van der Waals surface area contributed by atoms with Crippen molar-refractivity contribution in [3.8, 4) is 0 Å². The van der Waals surface area contributed by atoms with Gasteiger partial charge in [0.05, 0.1) is 4.92 Å². The number of fused-ring (bicyclic) bond motifs is 1. The molecule has 1 aliphatic rings. The molecule has 2 aromatic rings. The Morgan fingerprint density at radius 1 is 1.50 bits per heavy atom. The molecule has 0 atom stereocenters. The van der Waals surface area contributed by atoms with Crippen molar-refractivity contribution >= 4 is 27.2 Å². The van der Waals surface area contributed by atoms with Gasteiger partial charge in [-0.05, 0) is 30.2 Å². The van der Waals surface area contributed by atoms with Gasteiger partial charge < -0.3 is 0 Å². The summed E-state index contributed by atoms with van der Waals surface area (Å²) in [5, 5.41) is 13.9. The molecule has 1 saturated carbocycles. The Labute approximate surface area is 96.1 Å². The van der Waals surface area contributed by atoms with Crippen LogP contribution in [-0.2, 0) is 0 Å². The lowest BCUT2D eigenvalue weighted by Gasteiger charge is -2.25. The minimum atomic E-state index is -0.308. The van der Waals surface area contributed by atoms with E-state index in [0.717, 1.165) is 28.6 Å². The van der Waals surface area contributed by atoms with Gasteiger partial charge in [-0.3, -0.25) is 10.1 Å². The summed E-state index contributed by atoms with van der Waals surface area (Å²) in [5.74, 6) is 0.362. The summed E-state index contributed by atoms with van der Waals surface area (Å²) in [6, 6.07) is 1.95. The fourth-order valence-electron chi connectivity index (χ4n) is 2.20. The number of rotatable bonds is 2. The van der Waals surface area contributed by atoms with Crippen molar-refractivity contribution in [2.24, 2.45) is 0 Å². The van der Waals surface area contributed by atoms with Gasteiger partial charge in [-0.25, -0.2) is 4.98 Å². The van der Waals surface area contributed by atoms with Gasteiger partial charge in [-0.1, -0.05) is 6.42 Å². The molecule has 1 fully saturated rings.